The lowest BCUT2D eigenvalue weighted by Crippen LogP contribution is -2.47. The molecule has 124 valence electrons. The molecular weight excluding hydrogens is 290 g/mol. The molecule has 0 spiro atoms. The van der Waals surface area contributed by atoms with Crippen molar-refractivity contribution in [2.24, 2.45) is 11.8 Å². The number of halogens is 2. The SMILES string of the molecule is O=C(C[C@@H]1CC1(F)F)NC1CCN(C(=O)C2CCCC2)CC1. The van der Waals surface area contributed by atoms with Gasteiger partial charge in [0, 0.05) is 43.8 Å². The maximum absolute atomic E-state index is 12.8. The molecule has 22 heavy (non-hydrogen) atoms. The highest BCUT2D eigenvalue weighted by atomic mass is 19.3. The second-order valence-corrected chi connectivity index (χ2v) is 7.01. The fourth-order valence-corrected chi connectivity index (χ4v) is 3.68. The Morgan fingerprint density at radius 1 is 1.09 bits per heavy atom. The van der Waals surface area contributed by atoms with Crippen molar-refractivity contribution in [3.8, 4) is 0 Å². The third-order valence-corrected chi connectivity index (χ3v) is 5.26. The number of carbonyl (C=O) groups excluding carboxylic acids is 2. The zero-order chi connectivity index (χ0) is 15.7. The summed E-state index contributed by atoms with van der Waals surface area (Å²) in [7, 11) is 0. The number of hydrogen-bond acceptors (Lipinski definition) is 2. The van der Waals surface area contributed by atoms with Gasteiger partial charge in [0.25, 0.3) is 5.92 Å². The highest BCUT2D eigenvalue weighted by Crippen LogP contribution is 2.50. The van der Waals surface area contributed by atoms with Crippen LogP contribution in [-0.2, 0) is 9.59 Å². The monoisotopic (exact) mass is 314 g/mol. The highest BCUT2D eigenvalue weighted by molar-refractivity contribution is 5.79. The molecule has 3 fully saturated rings. The van der Waals surface area contributed by atoms with E-state index < -0.39 is 11.8 Å². The standard InChI is InChI=1S/C16H24F2N2O2/c17-16(18)10-12(16)9-14(21)19-13-5-7-20(8-6-13)15(22)11-3-1-2-4-11/h11-13H,1-10H2,(H,19,21)/t12-/m1/s1. The summed E-state index contributed by atoms with van der Waals surface area (Å²) in [5.74, 6) is -3.21. The first-order chi connectivity index (χ1) is 10.5. The molecule has 1 saturated heterocycles. The summed E-state index contributed by atoms with van der Waals surface area (Å²) in [5, 5.41) is 2.85. The van der Waals surface area contributed by atoms with Crippen LogP contribution >= 0.6 is 0 Å². The molecule has 0 aromatic carbocycles. The quantitative estimate of drug-likeness (QED) is 0.866. The number of piperidine rings is 1. The van der Waals surface area contributed by atoms with Crippen molar-refractivity contribution >= 4 is 11.8 Å². The van der Waals surface area contributed by atoms with Crippen LogP contribution in [0.15, 0.2) is 0 Å². The van der Waals surface area contributed by atoms with E-state index in [1.54, 1.807) is 0 Å². The van der Waals surface area contributed by atoms with Crippen LogP contribution < -0.4 is 5.32 Å². The summed E-state index contributed by atoms with van der Waals surface area (Å²) >= 11 is 0. The van der Waals surface area contributed by atoms with Crippen LogP contribution in [0.25, 0.3) is 0 Å². The van der Waals surface area contributed by atoms with E-state index in [2.05, 4.69) is 5.32 Å². The van der Waals surface area contributed by atoms with Gasteiger partial charge in [-0.1, -0.05) is 12.8 Å². The molecule has 0 radical (unpaired) electrons. The van der Waals surface area contributed by atoms with Gasteiger partial charge < -0.3 is 10.2 Å². The average Bonchev–Trinajstić information content (AvgIpc) is 2.92. The summed E-state index contributed by atoms with van der Waals surface area (Å²) in [6, 6.07) is 0.0208. The third-order valence-electron chi connectivity index (χ3n) is 5.26. The molecule has 0 unspecified atom stereocenters. The zero-order valence-electron chi connectivity index (χ0n) is 12.8. The Bertz CT molecular complexity index is 441. The minimum absolute atomic E-state index is 0.0208. The smallest absolute Gasteiger partial charge is 0.252 e. The second kappa shape index (κ2) is 6.13. The highest BCUT2D eigenvalue weighted by Gasteiger charge is 2.57. The number of nitrogens with zero attached hydrogens (tertiary/aromatic N) is 1. The Hall–Kier alpha value is -1.20. The summed E-state index contributed by atoms with van der Waals surface area (Å²) in [6.45, 7) is 1.33. The van der Waals surface area contributed by atoms with Crippen molar-refractivity contribution in [2.75, 3.05) is 13.1 Å². The van der Waals surface area contributed by atoms with Crippen LogP contribution in [0.5, 0.6) is 0 Å². The van der Waals surface area contributed by atoms with Gasteiger partial charge in [0.15, 0.2) is 0 Å². The molecule has 1 N–H and O–H groups in total. The minimum Gasteiger partial charge on any atom is -0.353 e. The van der Waals surface area contributed by atoms with Crippen LogP contribution in [0, 0.1) is 11.8 Å². The molecule has 2 amide bonds. The van der Waals surface area contributed by atoms with E-state index in [0.717, 1.165) is 38.5 Å². The largest absolute Gasteiger partial charge is 0.353 e. The van der Waals surface area contributed by atoms with Crippen LogP contribution in [0.2, 0.25) is 0 Å². The lowest BCUT2D eigenvalue weighted by Gasteiger charge is -2.34. The third kappa shape index (κ3) is 3.58. The normalized spacial score (nSPS) is 28.6. The van der Waals surface area contributed by atoms with Gasteiger partial charge in [0.1, 0.15) is 0 Å². The van der Waals surface area contributed by atoms with Crippen LogP contribution in [0.3, 0.4) is 0 Å². The fourth-order valence-electron chi connectivity index (χ4n) is 3.68. The van der Waals surface area contributed by atoms with Gasteiger partial charge >= 0.3 is 0 Å². The molecule has 2 saturated carbocycles. The zero-order valence-corrected chi connectivity index (χ0v) is 12.8. The van der Waals surface area contributed by atoms with Gasteiger partial charge in [0.05, 0.1) is 0 Å². The van der Waals surface area contributed by atoms with Gasteiger partial charge in [-0.05, 0) is 25.7 Å². The maximum Gasteiger partial charge on any atom is 0.252 e. The summed E-state index contributed by atoms with van der Waals surface area (Å²) < 4.78 is 25.6. The maximum atomic E-state index is 12.8. The first kappa shape index (κ1) is 15.7. The van der Waals surface area contributed by atoms with E-state index >= 15 is 0 Å². The topological polar surface area (TPSA) is 49.4 Å². The fraction of sp³-hybridized carbons (Fsp3) is 0.875. The predicted molar refractivity (Wildman–Crippen MR) is 77.4 cm³/mol. The molecule has 1 atom stereocenters. The molecule has 6 heteroatoms. The second-order valence-electron chi connectivity index (χ2n) is 7.01. The van der Waals surface area contributed by atoms with Gasteiger partial charge in [-0.25, -0.2) is 8.78 Å². The summed E-state index contributed by atoms with van der Waals surface area (Å²) in [4.78, 5) is 26.0. The molecule has 1 aliphatic heterocycles. The summed E-state index contributed by atoms with van der Waals surface area (Å²) in [6.07, 6.45) is 5.53. The van der Waals surface area contributed by atoms with Crippen molar-refractivity contribution < 1.29 is 18.4 Å². The van der Waals surface area contributed by atoms with Crippen molar-refractivity contribution in [1.29, 1.82) is 0 Å². The Balaban J connectivity index is 1.38. The lowest BCUT2D eigenvalue weighted by atomic mass is 10.0. The van der Waals surface area contributed by atoms with E-state index in [-0.39, 0.29) is 36.6 Å². The number of nitrogens with one attached hydrogen (secondary N) is 1. The molecule has 0 aromatic heterocycles. The van der Waals surface area contributed by atoms with E-state index in [1.807, 2.05) is 4.90 Å². The Kier molecular flexibility index (Phi) is 4.37. The Labute approximate surface area is 129 Å². The lowest BCUT2D eigenvalue weighted by molar-refractivity contribution is -0.136. The molecule has 4 nitrogen and oxygen atoms in total. The number of carbonyl (C=O) groups is 2. The minimum atomic E-state index is -2.63. The molecule has 0 aromatic rings. The molecule has 3 rings (SSSR count). The van der Waals surface area contributed by atoms with Crippen molar-refractivity contribution in [1.82, 2.24) is 10.2 Å². The van der Waals surface area contributed by atoms with E-state index in [9.17, 15) is 18.4 Å². The number of amides is 2. The van der Waals surface area contributed by atoms with E-state index in [4.69, 9.17) is 0 Å². The molecule has 0 bridgehead atoms. The van der Waals surface area contributed by atoms with Crippen LogP contribution in [-0.4, -0.2) is 41.8 Å². The Morgan fingerprint density at radius 2 is 1.68 bits per heavy atom. The molecule has 3 aliphatic rings. The van der Waals surface area contributed by atoms with Crippen LogP contribution in [0.1, 0.15) is 51.4 Å². The first-order valence-electron chi connectivity index (χ1n) is 8.41. The van der Waals surface area contributed by atoms with Crippen molar-refractivity contribution in [3.63, 3.8) is 0 Å². The van der Waals surface area contributed by atoms with Gasteiger partial charge in [0.2, 0.25) is 11.8 Å². The number of hydrogen-bond donors (Lipinski definition) is 1. The van der Waals surface area contributed by atoms with Gasteiger partial charge in [-0.15, -0.1) is 0 Å². The average molecular weight is 314 g/mol. The molecule has 1 heterocycles. The van der Waals surface area contributed by atoms with Gasteiger partial charge in [-0.3, -0.25) is 9.59 Å². The van der Waals surface area contributed by atoms with Crippen LogP contribution in [0.4, 0.5) is 8.78 Å². The molecular formula is C16H24F2N2O2. The van der Waals surface area contributed by atoms with Crippen molar-refractivity contribution in [2.45, 2.75) is 63.3 Å². The molecule has 2 aliphatic carbocycles. The Morgan fingerprint density at radius 3 is 2.23 bits per heavy atom. The summed E-state index contributed by atoms with van der Waals surface area (Å²) in [5.41, 5.74) is 0. The predicted octanol–water partition coefficient (Wildman–Crippen LogP) is 2.33. The number of rotatable bonds is 4. The van der Waals surface area contributed by atoms with Crippen molar-refractivity contribution in [3.05, 3.63) is 0 Å². The number of likely N-dealkylation sites (tertiary alicyclic amines) is 1. The van der Waals surface area contributed by atoms with E-state index in [1.165, 1.54) is 0 Å². The van der Waals surface area contributed by atoms with E-state index in [0.29, 0.717) is 13.1 Å². The number of alkyl halides is 2. The first-order valence-corrected chi connectivity index (χ1v) is 8.41. The van der Waals surface area contributed by atoms with Gasteiger partial charge in [-0.2, -0.15) is 0 Å².